The van der Waals surface area contributed by atoms with E-state index in [1.165, 1.54) is 5.56 Å². The Morgan fingerprint density at radius 1 is 1.23 bits per heavy atom. The maximum Gasteiger partial charge on any atom is 0.349 e. The Morgan fingerprint density at radius 2 is 2.03 bits per heavy atom. The van der Waals surface area contributed by atoms with E-state index in [2.05, 4.69) is 22.3 Å². The molecule has 1 aromatic carbocycles. The number of piperidine rings is 1. The van der Waals surface area contributed by atoms with Gasteiger partial charge in [-0.2, -0.15) is 0 Å². The third-order valence-corrected chi connectivity index (χ3v) is 5.96. The maximum absolute atomic E-state index is 12.5. The largest absolute Gasteiger partial charge is 0.427 e. The van der Waals surface area contributed by atoms with Crippen LogP contribution in [0.15, 0.2) is 45.6 Å². The van der Waals surface area contributed by atoms with Gasteiger partial charge in [0.1, 0.15) is 11.3 Å². The van der Waals surface area contributed by atoms with Crippen molar-refractivity contribution in [2.24, 2.45) is 5.92 Å². The van der Waals surface area contributed by atoms with Gasteiger partial charge in [-0.3, -0.25) is 4.79 Å². The second-order valence-corrected chi connectivity index (χ2v) is 8.50. The van der Waals surface area contributed by atoms with Gasteiger partial charge in [0.05, 0.1) is 0 Å². The van der Waals surface area contributed by atoms with Crippen LogP contribution < -0.4 is 10.9 Å². The van der Waals surface area contributed by atoms with Crippen molar-refractivity contribution in [1.82, 2.24) is 10.2 Å². The first-order valence-corrected chi connectivity index (χ1v) is 11.4. The van der Waals surface area contributed by atoms with Gasteiger partial charge in [-0.25, -0.2) is 4.79 Å². The summed E-state index contributed by atoms with van der Waals surface area (Å²) in [6.45, 7) is 5.37. The Hall–Kier alpha value is -2.44. The molecule has 1 saturated heterocycles. The Labute approximate surface area is 184 Å². The van der Waals surface area contributed by atoms with Crippen LogP contribution in [0.2, 0.25) is 0 Å². The normalized spacial score (nSPS) is 16.9. The second kappa shape index (κ2) is 11.8. The molecular weight excluding hydrogens is 392 g/mol. The van der Waals surface area contributed by atoms with Crippen molar-refractivity contribution in [3.05, 3.63) is 69.3 Å². The summed E-state index contributed by atoms with van der Waals surface area (Å²) in [6, 6.07) is 12.0. The first kappa shape index (κ1) is 23.2. The van der Waals surface area contributed by atoms with Crippen molar-refractivity contribution < 1.29 is 14.3 Å². The highest BCUT2D eigenvalue weighted by molar-refractivity contribution is 5.95. The van der Waals surface area contributed by atoms with E-state index in [1.807, 2.05) is 24.3 Å². The number of benzene rings is 1. The summed E-state index contributed by atoms with van der Waals surface area (Å²) < 4.78 is 5.43. The minimum Gasteiger partial charge on any atom is -0.427 e. The number of carbonyl (C=O) groups excluding carboxylic acids is 1. The molecule has 1 fully saturated rings. The van der Waals surface area contributed by atoms with Crippen molar-refractivity contribution in [3.63, 3.8) is 0 Å². The SMILES string of the molecule is Cc1cc(CCCc2ccccc2)oc(=O)c1C(=O)NCCCN1CCCC(CO)C1. The minimum atomic E-state index is -0.561. The number of nitrogens with one attached hydrogen (secondary N) is 1. The highest BCUT2D eigenvalue weighted by Gasteiger charge is 2.19. The molecule has 2 aromatic rings. The van der Waals surface area contributed by atoms with E-state index < -0.39 is 5.63 Å². The predicted molar refractivity (Wildman–Crippen MR) is 121 cm³/mol. The third kappa shape index (κ3) is 7.04. The number of carbonyl (C=O) groups is 1. The lowest BCUT2D eigenvalue weighted by Crippen LogP contribution is -2.38. The fraction of sp³-hybridized carbons (Fsp3) is 0.520. The predicted octanol–water partition coefficient (Wildman–Crippen LogP) is 2.95. The molecule has 0 saturated carbocycles. The van der Waals surface area contributed by atoms with E-state index in [9.17, 15) is 14.7 Å². The summed E-state index contributed by atoms with van der Waals surface area (Å²) in [5, 5.41) is 12.2. The van der Waals surface area contributed by atoms with Crippen LogP contribution in [0.5, 0.6) is 0 Å². The molecule has 168 valence electrons. The summed E-state index contributed by atoms with van der Waals surface area (Å²) in [6.07, 6.45) is 5.47. The zero-order valence-corrected chi connectivity index (χ0v) is 18.4. The molecule has 0 radical (unpaired) electrons. The Bertz CT molecular complexity index is 894. The van der Waals surface area contributed by atoms with Gasteiger partial charge in [0, 0.05) is 26.1 Å². The third-order valence-electron chi connectivity index (χ3n) is 5.96. The zero-order chi connectivity index (χ0) is 22.1. The molecule has 3 rings (SSSR count). The monoisotopic (exact) mass is 426 g/mol. The van der Waals surface area contributed by atoms with Gasteiger partial charge in [0.25, 0.3) is 5.91 Å². The van der Waals surface area contributed by atoms with E-state index in [-0.39, 0.29) is 18.1 Å². The van der Waals surface area contributed by atoms with E-state index in [1.54, 1.807) is 6.92 Å². The first-order valence-electron chi connectivity index (χ1n) is 11.4. The first-order chi connectivity index (χ1) is 15.1. The van der Waals surface area contributed by atoms with Gasteiger partial charge < -0.3 is 19.7 Å². The number of aryl methyl sites for hydroxylation is 3. The highest BCUT2D eigenvalue weighted by Crippen LogP contribution is 2.15. The molecule has 1 aliphatic heterocycles. The highest BCUT2D eigenvalue weighted by atomic mass is 16.4. The summed E-state index contributed by atoms with van der Waals surface area (Å²) in [7, 11) is 0. The van der Waals surface area contributed by atoms with E-state index in [0.717, 1.165) is 51.7 Å². The summed E-state index contributed by atoms with van der Waals surface area (Å²) in [4.78, 5) is 27.3. The van der Waals surface area contributed by atoms with Gasteiger partial charge in [0.15, 0.2) is 0 Å². The number of rotatable bonds is 10. The van der Waals surface area contributed by atoms with Gasteiger partial charge in [-0.1, -0.05) is 30.3 Å². The summed E-state index contributed by atoms with van der Waals surface area (Å²) in [5.74, 6) is 0.620. The molecule has 1 aliphatic rings. The smallest absolute Gasteiger partial charge is 0.349 e. The molecule has 2 N–H and O–H groups in total. The van der Waals surface area contributed by atoms with Crippen LogP contribution in [0.3, 0.4) is 0 Å². The van der Waals surface area contributed by atoms with Crippen LogP contribution in [0.25, 0.3) is 0 Å². The Balaban J connectivity index is 1.45. The molecule has 2 heterocycles. The fourth-order valence-electron chi connectivity index (χ4n) is 4.28. The van der Waals surface area contributed by atoms with Gasteiger partial charge in [-0.05, 0) is 75.2 Å². The van der Waals surface area contributed by atoms with Crippen LogP contribution >= 0.6 is 0 Å². The van der Waals surface area contributed by atoms with Crippen LogP contribution in [-0.2, 0) is 12.8 Å². The molecule has 31 heavy (non-hydrogen) atoms. The lowest BCUT2D eigenvalue weighted by atomic mass is 9.99. The van der Waals surface area contributed by atoms with Gasteiger partial charge in [-0.15, -0.1) is 0 Å². The maximum atomic E-state index is 12.5. The fourth-order valence-corrected chi connectivity index (χ4v) is 4.28. The molecule has 1 atom stereocenters. The topological polar surface area (TPSA) is 82.8 Å². The molecule has 1 aromatic heterocycles. The van der Waals surface area contributed by atoms with E-state index >= 15 is 0 Å². The average molecular weight is 427 g/mol. The summed E-state index contributed by atoms with van der Waals surface area (Å²) >= 11 is 0. The quantitative estimate of drug-likeness (QED) is 0.571. The van der Waals surface area contributed by atoms with Crippen molar-refractivity contribution in [1.29, 1.82) is 0 Å². The molecule has 1 unspecified atom stereocenters. The van der Waals surface area contributed by atoms with E-state index in [0.29, 0.717) is 30.2 Å². The zero-order valence-electron chi connectivity index (χ0n) is 18.4. The average Bonchev–Trinajstić information content (AvgIpc) is 2.77. The number of hydrogen-bond donors (Lipinski definition) is 2. The van der Waals surface area contributed by atoms with Crippen molar-refractivity contribution in [2.75, 3.05) is 32.8 Å². The Morgan fingerprint density at radius 3 is 2.77 bits per heavy atom. The number of likely N-dealkylation sites (tertiary alicyclic amines) is 1. The number of nitrogens with zero attached hydrogens (tertiary/aromatic N) is 1. The lowest BCUT2D eigenvalue weighted by Gasteiger charge is -2.31. The number of aliphatic hydroxyl groups excluding tert-OH is 1. The van der Waals surface area contributed by atoms with Crippen LogP contribution in [0.4, 0.5) is 0 Å². The minimum absolute atomic E-state index is 0.102. The van der Waals surface area contributed by atoms with Crippen LogP contribution in [0.1, 0.15) is 52.9 Å². The lowest BCUT2D eigenvalue weighted by molar-refractivity contribution is 0.0941. The number of amides is 1. The Kier molecular flexibility index (Phi) is 8.85. The van der Waals surface area contributed by atoms with Crippen molar-refractivity contribution in [3.8, 4) is 0 Å². The molecule has 1 amide bonds. The van der Waals surface area contributed by atoms with Crippen molar-refractivity contribution >= 4 is 5.91 Å². The number of hydrogen-bond acceptors (Lipinski definition) is 5. The van der Waals surface area contributed by atoms with Crippen LogP contribution in [-0.4, -0.2) is 48.7 Å². The standard InChI is InChI=1S/C25H34N2O4/c1-19-16-22(12-5-10-20-8-3-2-4-9-20)31-25(30)23(19)24(29)26-13-7-15-27-14-6-11-21(17-27)18-28/h2-4,8-9,16,21,28H,5-7,10-15,17-18H2,1H3,(H,26,29). The molecule has 6 nitrogen and oxygen atoms in total. The van der Waals surface area contributed by atoms with Crippen molar-refractivity contribution in [2.45, 2.75) is 45.4 Å². The van der Waals surface area contributed by atoms with Gasteiger partial charge >= 0.3 is 5.63 Å². The number of aliphatic hydroxyl groups is 1. The summed E-state index contributed by atoms with van der Waals surface area (Å²) in [5.41, 5.74) is 1.46. The molecule has 0 aliphatic carbocycles. The molecular formula is C25H34N2O4. The molecule has 0 spiro atoms. The molecule has 6 heteroatoms. The van der Waals surface area contributed by atoms with Gasteiger partial charge in [0.2, 0.25) is 0 Å². The van der Waals surface area contributed by atoms with E-state index in [4.69, 9.17) is 4.42 Å². The molecule has 0 bridgehead atoms. The van der Waals surface area contributed by atoms with Crippen LogP contribution in [0, 0.1) is 12.8 Å². The second-order valence-electron chi connectivity index (χ2n) is 8.50.